The van der Waals surface area contributed by atoms with Gasteiger partial charge in [-0.1, -0.05) is 20.8 Å². The monoisotopic (exact) mass is 469 g/mol. The molecule has 1 fully saturated rings. The van der Waals surface area contributed by atoms with Crippen LogP contribution in [0.4, 0.5) is 5.13 Å². The molecule has 2 amide bonds. The third kappa shape index (κ3) is 5.10. The Bertz CT molecular complexity index is 802. The molecule has 0 spiro atoms. The number of carbonyl (C=O) groups is 2. The second kappa shape index (κ2) is 10.2. The maximum absolute atomic E-state index is 12.6. The largest absolute Gasteiger partial charge is 0.392 e. The van der Waals surface area contributed by atoms with E-state index in [0.717, 1.165) is 25.0 Å². The highest BCUT2D eigenvalue weighted by Crippen LogP contribution is 2.57. The first kappa shape index (κ1) is 24.5. The highest BCUT2D eigenvalue weighted by atomic mass is 32.2. The van der Waals surface area contributed by atoms with Crippen LogP contribution in [0.3, 0.4) is 0 Å². The summed E-state index contributed by atoms with van der Waals surface area (Å²) in [6.45, 7) is 7.26. The SMILES string of the molecule is COCCNC(=O)[C@@H](C)[C@H]1CC[C@]2(C)Cc3sc(NC(=O)CSC)nc3[C@H](C)[C@@H]2[C@H]1O. The number of hydrogen-bond donors (Lipinski definition) is 3. The van der Waals surface area contributed by atoms with Crippen LogP contribution in [0.25, 0.3) is 0 Å². The van der Waals surface area contributed by atoms with Gasteiger partial charge in [-0.15, -0.1) is 11.3 Å². The zero-order valence-electron chi connectivity index (χ0n) is 19.1. The topological polar surface area (TPSA) is 101 Å². The number of thiazole rings is 1. The molecule has 2 aliphatic rings. The minimum atomic E-state index is -0.568. The van der Waals surface area contributed by atoms with E-state index in [9.17, 15) is 14.7 Å². The number of ether oxygens (including phenoxy) is 1. The molecule has 0 unspecified atom stereocenters. The van der Waals surface area contributed by atoms with E-state index in [0.29, 0.717) is 24.0 Å². The minimum absolute atomic E-state index is 0.0266. The number of amides is 2. The van der Waals surface area contributed by atoms with Gasteiger partial charge in [-0.2, -0.15) is 11.8 Å². The Morgan fingerprint density at radius 2 is 2.19 bits per heavy atom. The average Bonchev–Trinajstić information content (AvgIpc) is 3.09. The Kier molecular flexibility index (Phi) is 8.05. The maximum Gasteiger partial charge on any atom is 0.236 e. The van der Waals surface area contributed by atoms with Gasteiger partial charge in [0, 0.05) is 30.4 Å². The molecule has 0 aromatic carbocycles. The minimum Gasteiger partial charge on any atom is -0.392 e. The molecule has 174 valence electrons. The summed E-state index contributed by atoms with van der Waals surface area (Å²) < 4.78 is 5.01. The fourth-order valence-electron chi connectivity index (χ4n) is 5.52. The molecular formula is C22H35N3O4S2. The van der Waals surface area contributed by atoms with Crippen LogP contribution in [0.1, 0.15) is 50.1 Å². The van der Waals surface area contributed by atoms with E-state index in [2.05, 4.69) is 24.5 Å². The normalized spacial score (nSPS) is 30.8. The van der Waals surface area contributed by atoms with Crippen molar-refractivity contribution in [2.45, 2.75) is 52.1 Å². The van der Waals surface area contributed by atoms with Gasteiger partial charge >= 0.3 is 0 Å². The fraction of sp³-hybridized carbons (Fsp3) is 0.773. The summed E-state index contributed by atoms with van der Waals surface area (Å²) in [6.07, 6.45) is 3.97. The Labute approximate surface area is 193 Å². The first-order valence-corrected chi connectivity index (χ1v) is 13.2. The van der Waals surface area contributed by atoms with Crippen molar-refractivity contribution >= 4 is 40.0 Å². The number of aliphatic hydroxyl groups is 1. The zero-order chi connectivity index (χ0) is 22.8. The third-order valence-electron chi connectivity index (χ3n) is 7.11. The highest BCUT2D eigenvalue weighted by molar-refractivity contribution is 7.99. The summed E-state index contributed by atoms with van der Waals surface area (Å²) in [4.78, 5) is 30.6. The molecule has 9 heteroatoms. The molecule has 0 bridgehead atoms. The standard InChI is InChI=1S/C22H35N3O4S2/c1-12(20(28)23-8-9-29-4)14-6-7-22(3)10-15-18(13(2)17(22)19(14)27)25-21(31-15)24-16(26)11-30-5/h12-14,17,19,27H,6-11H2,1-5H3,(H,23,28)(H,24,25,26)/t12-,13+,14+,17+,19-,22+/m0/s1. The van der Waals surface area contributed by atoms with Gasteiger partial charge in [0.05, 0.1) is 24.2 Å². The van der Waals surface area contributed by atoms with Gasteiger partial charge in [0.15, 0.2) is 5.13 Å². The molecule has 1 saturated carbocycles. The smallest absolute Gasteiger partial charge is 0.236 e. The third-order valence-corrected chi connectivity index (χ3v) is 8.64. The van der Waals surface area contributed by atoms with Crippen LogP contribution >= 0.6 is 23.1 Å². The van der Waals surface area contributed by atoms with E-state index >= 15 is 0 Å². The number of nitrogens with zero attached hydrogens (tertiary/aromatic N) is 1. The molecule has 6 atom stereocenters. The van der Waals surface area contributed by atoms with Crippen LogP contribution in [0.5, 0.6) is 0 Å². The van der Waals surface area contributed by atoms with Crippen molar-refractivity contribution in [3.8, 4) is 0 Å². The number of fused-ring (bicyclic) bond motifs is 2. The van der Waals surface area contributed by atoms with Crippen molar-refractivity contribution in [3.05, 3.63) is 10.6 Å². The lowest BCUT2D eigenvalue weighted by molar-refractivity contribution is -0.135. The summed E-state index contributed by atoms with van der Waals surface area (Å²) in [5.41, 5.74) is 0.950. The Balaban J connectivity index is 1.77. The van der Waals surface area contributed by atoms with Crippen LogP contribution in [0.2, 0.25) is 0 Å². The predicted molar refractivity (Wildman–Crippen MR) is 126 cm³/mol. The average molecular weight is 470 g/mol. The van der Waals surface area contributed by atoms with E-state index < -0.39 is 6.10 Å². The molecule has 7 nitrogen and oxygen atoms in total. The number of carbonyl (C=O) groups excluding carboxylic acids is 2. The van der Waals surface area contributed by atoms with Crippen LogP contribution in [0.15, 0.2) is 0 Å². The fourth-order valence-corrected chi connectivity index (χ4v) is 7.13. The molecule has 0 radical (unpaired) electrons. The van der Waals surface area contributed by atoms with Crippen LogP contribution < -0.4 is 10.6 Å². The summed E-state index contributed by atoms with van der Waals surface area (Å²) in [5, 5.41) is 17.9. The van der Waals surface area contributed by atoms with Crippen molar-refractivity contribution in [2.75, 3.05) is 37.6 Å². The number of aliphatic hydroxyl groups excluding tert-OH is 1. The molecule has 0 saturated heterocycles. The van der Waals surface area contributed by atoms with Crippen LogP contribution in [0, 0.1) is 23.2 Å². The van der Waals surface area contributed by atoms with E-state index in [-0.39, 0.29) is 40.9 Å². The van der Waals surface area contributed by atoms with Gasteiger partial charge in [0.25, 0.3) is 0 Å². The number of aromatic nitrogens is 1. The summed E-state index contributed by atoms with van der Waals surface area (Å²) in [6, 6.07) is 0. The molecule has 2 aliphatic carbocycles. The van der Waals surface area contributed by atoms with Crippen LogP contribution in [-0.4, -0.2) is 60.3 Å². The number of methoxy groups -OCH3 is 1. The van der Waals surface area contributed by atoms with Gasteiger partial charge in [-0.05, 0) is 42.8 Å². The highest BCUT2D eigenvalue weighted by Gasteiger charge is 2.53. The summed E-state index contributed by atoms with van der Waals surface area (Å²) in [5.74, 6) is 0.100. The number of thioether (sulfide) groups is 1. The second-order valence-electron chi connectivity index (χ2n) is 9.22. The van der Waals surface area contributed by atoms with Crippen molar-refractivity contribution in [2.24, 2.45) is 23.2 Å². The molecule has 1 heterocycles. The Morgan fingerprint density at radius 3 is 2.87 bits per heavy atom. The molecular weight excluding hydrogens is 434 g/mol. The van der Waals surface area contributed by atoms with Gasteiger partial charge in [-0.3, -0.25) is 9.59 Å². The number of hydrogen-bond acceptors (Lipinski definition) is 7. The van der Waals surface area contributed by atoms with Gasteiger partial charge in [0.1, 0.15) is 0 Å². The van der Waals surface area contributed by atoms with Crippen LogP contribution in [-0.2, 0) is 20.7 Å². The first-order chi connectivity index (χ1) is 14.7. The number of anilines is 1. The molecule has 3 rings (SSSR count). The van der Waals surface area contributed by atoms with Crippen molar-refractivity contribution in [1.82, 2.24) is 10.3 Å². The lowest BCUT2D eigenvalue weighted by Gasteiger charge is -2.53. The Hall–Kier alpha value is -1.16. The summed E-state index contributed by atoms with van der Waals surface area (Å²) in [7, 11) is 1.61. The summed E-state index contributed by atoms with van der Waals surface area (Å²) >= 11 is 3.05. The predicted octanol–water partition coefficient (Wildman–Crippen LogP) is 2.90. The lowest BCUT2D eigenvalue weighted by Crippen LogP contribution is -2.53. The van der Waals surface area contributed by atoms with Crippen molar-refractivity contribution < 1.29 is 19.4 Å². The van der Waals surface area contributed by atoms with Gasteiger partial charge in [-0.25, -0.2) is 4.98 Å². The number of rotatable bonds is 8. The van der Waals surface area contributed by atoms with E-state index in [1.54, 1.807) is 18.4 Å². The lowest BCUT2D eigenvalue weighted by atomic mass is 9.53. The zero-order valence-corrected chi connectivity index (χ0v) is 20.7. The van der Waals surface area contributed by atoms with E-state index in [4.69, 9.17) is 9.72 Å². The molecule has 1 aromatic heterocycles. The molecule has 31 heavy (non-hydrogen) atoms. The van der Waals surface area contributed by atoms with Crippen molar-refractivity contribution in [3.63, 3.8) is 0 Å². The Morgan fingerprint density at radius 1 is 1.45 bits per heavy atom. The number of nitrogens with one attached hydrogen (secondary N) is 2. The molecule has 0 aliphatic heterocycles. The van der Waals surface area contributed by atoms with E-state index in [1.165, 1.54) is 16.6 Å². The first-order valence-electron chi connectivity index (χ1n) is 10.9. The second-order valence-corrected chi connectivity index (χ2v) is 11.2. The van der Waals surface area contributed by atoms with E-state index in [1.807, 2.05) is 13.2 Å². The van der Waals surface area contributed by atoms with Gasteiger partial charge in [0.2, 0.25) is 11.8 Å². The maximum atomic E-state index is 12.6. The quantitative estimate of drug-likeness (QED) is 0.506. The van der Waals surface area contributed by atoms with Crippen molar-refractivity contribution in [1.29, 1.82) is 0 Å². The molecule has 3 N–H and O–H groups in total. The van der Waals surface area contributed by atoms with Gasteiger partial charge < -0.3 is 20.5 Å². The molecule has 1 aromatic rings.